The molecule has 7 nitrogen and oxygen atoms in total. The van der Waals surface area contributed by atoms with Crippen molar-refractivity contribution >= 4 is 28.9 Å². The van der Waals surface area contributed by atoms with Gasteiger partial charge in [-0.05, 0) is 12.1 Å². The molecule has 1 saturated heterocycles. The lowest BCUT2D eigenvalue weighted by molar-refractivity contribution is 0.181. The Labute approximate surface area is 150 Å². The molecule has 130 valence electrons. The van der Waals surface area contributed by atoms with Crippen LogP contribution in [0, 0.1) is 0 Å². The number of rotatable bonds is 4. The number of methoxy groups -OCH3 is 1. The van der Waals surface area contributed by atoms with Gasteiger partial charge in [-0.15, -0.1) is 0 Å². The summed E-state index contributed by atoms with van der Waals surface area (Å²) >= 11 is 5.92. The Morgan fingerprint density at radius 2 is 1.92 bits per heavy atom. The van der Waals surface area contributed by atoms with E-state index in [0.717, 1.165) is 49.2 Å². The fraction of sp³-hybridized carbons (Fsp3) is 0.353. The molecule has 1 aliphatic rings. The van der Waals surface area contributed by atoms with E-state index in [-0.39, 0.29) is 0 Å². The number of halogens is 1. The van der Waals surface area contributed by atoms with Gasteiger partial charge in [0.25, 0.3) is 0 Å². The van der Waals surface area contributed by atoms with Gasteiger partial charge in [0, 0.05) is 51.6 Å². The highest BCUT2D eigenvalue weighted by Crippen LogP contribution is 2.22. The number of nitrogens with zero attached hydrogens (tertiary/aromatic N) is 6. The van der Waals surface area contributed by atoms with Crippen LogP contribution in [0.25, 0.3) is 5.65 Å². The van der Waals surface area contributed by atoms with Crippen LogP contribution in [0.4, 0.5) is 11.6 Å². The minimum absolute atomic E-state index is 0.489. The van der Waals surface area contributed by atoms with E-state index in [1.165, 1.54) is 0 Å². The highest BCUT2D eigenvalue weighted by Gasteiger charge is 2.21. The molecule has 1 fully saturated rings. The number of anilines is 2. The number of hydrogen-bond donors (Lipinski definition) is 0. The molecular formula is C17H19ClN6O. The van der Waals surface area contributed by atoms with Gasteiger partial charge in [-0.1, -0.05) is 11.6 Å². The van der Waals surface area contributed by atoms with Gasteiger partial charge in [-0.25, -0.2) is 9.97 Å². The molecule has 0 spiro atoms. The molecule has 0 aromatic carbocycles. The predicted molar refractivity (Wildman–Crippen MR) is 97.4 cm³/mol. The van der Waals surface area contributed by atoms with Crippen molar-refractivity contribution < 1.29 is 4.74 Å². The molecule has 8 heteroatoms. The lowest BCUT2D eigenvalue weighted by Crippen LogP contribution is -2.47. The van der Waals surface area contributed by atoms with E-state index in [1.807, 2.05) is 22.7 Å². The van der Waals surface area contributed by atoms with Crippen LogP contribution in [0.2, 0.25) is 5.02 Å². The maximum absolute atomic E-state index is 5.92. The Morgan fingerprint density at radius 1 is 1.12 bits per heavy atom. The van der Waals surface area contributed by atoms with Gasteiger partial charge in [0.05, 0.1) is 23.5 Å². The van der Waals surface area contributed by atoms with Crippen molar-refractivity contribution in [3.05, 3.63) is 47.4 Å². The lowest BCUT2D eigenvalue weighted by Gasteiger charge is -2.36. The highest BCUT2D eigenvalue weighted by atomic mass is 35.5. The summed E-state index contributed by atoms with van der Waals surface area (Å²) < 4.78 is 7.13. The number of aromatic nitrogens is 4. The van der Waals surface area contributed by atoms with Crippen molar-refractivity contribution in [1.29, 1.82) is 0 Å². The quantitative estimate of drug-likeness (QED) is 0.713. The first-order chi connectivity index (χ1) is 12.2. The van der Waals surface area contributed by atoms with Crippen LogP contribution < -0.4 is 9.80 Å². The fourth-order valence-corrected chi connectivity index (χ4v) is 3.23. The molecule has 0 N–H and O–H groups in total. The maximum Gasteiger partial charge on any atom is 0.157 e. The molecular weight excluding hydrogens is 340 g/mol. The summed E-state index contributed by atoms with van der Waals surface area (Å²) in [5.74, 6) is 2.01. The van der Waals surface area contributed by atoms with Crippen molar-refractivity contribution in [2.24, 2.45) is 0 Å². The first-order valence-corrected chi connectivity index (χ1v) is 8.56. The molecule has 0 saturated carbocycles. The third-order valence-corrected chi connectivity index (χ3v) is 4.55. The van der Waals surface area contributed by atoms with Gasteiger partial charge < -0.3 is 14.5 Å². The second-order valence-corrected chi connectivity index (χ2v) is 6.39. The molecule has 0 atom stereocenters. The second-order valence-electron chi connectivity index (χ2n) is 5.95. The monoisotopic (exact) mass is 358 g/mol. The number of pyridine rings is 1. The smallest absolute Gasteiger partial charge is 0.157 e. The molecule has 0 radical (unpaired) electrons. The first kappa shape index (κ1) is 16.1. The average Bonchev–Trinajstić information content (AvgIpc) is 3.11. The Balaban J connectivity index is 1.55. The molecule has 0 bridgehead atoms. The van der Waals surface area contributed by atoms with E-state index in [9.17, 15) is 0 Å². The summed E-state index contributed by atoms with van der Waals surface area (Å²) in [5, 5.41) is 5.07. The van der Waals surface area contributed by atoms with Crippen LogP contribution in [0.15, 0.2) is 36.7 Å². The van der Waals surface area contributed by atoms with Crippen molar-refractivity contribution in [1.82, 2.24) is 19.6 Å². The Bertz CT molecular complexity index is 857. The molecule has 3 aromatic rings. The minimum Gasteiger partial charge on any atom is -0.378 e. The first-order valence-electron chi connectivity index (χ1n) is 8.18. The summed E-state index contributed by atoms with van der Waals surface area (Å²) in [5.41, 5.74) is 1.75. The average molecular weight is 359 g/mol. The molecule has 0 amide bonds. The zero-order valence-electron chi connectivity index (χ0n) is 14.0. The largest absolute Gasteiger partial charge is 0.378 e. The number of fused-ring (bicyclic) bond motifs is 1. The van der Waals surface area contributed by atoms with Gasteiger partial charge in [-0.2, -0.15) is 9.61 Å². The third kappa shape index (κ3) is 3.25. The van der Waals surface area contributed by atoms with Crippen LogP contribution in [0.5, 0.6) is 0 Å². The predicted octanol–water partition coefficient (Wildman–Crippen LogP) is 2.25. The number of piperazine rings is 1. The van der Waals surface area contributed by atoms with E-state index < -0.39 is 0 Å². The fourth-order valence-electron chi connectivity index (χ4n) is 3.11. The Kier molecular flexibility index (Phi) is 4.42. The van der Waals surface area contributed by atoms with Gasteiger partial charge >= 0.3 is 0 Å². The number of hydrogen-bond acceptors (Lipinski definition) is 6. The van der Waals surface area contributed by atoms with E-state index in [4.69, 9.17) is 16.3 Å². The minimum atomic E-state index is 0.489. The van der Waals surface area contributed by atoms with Crippen LogP contribution in [-0.2, 0) is 11.3 Å². The zero-order chi connectivity index (χ0) is 17.2. The third-order valence-electron chi connectivity index (χ3n) is 4.33. The summed E-state index contributed by atoms with van der Waals surface area (Å²) in [4.78, 5) is 13.6. The standard InChI is InChI=1S/C17H19ClN6O/c1-25-12-14-10-17(24-16(21-14)4-5-20-24)23-8-6-22(7-9-23)15-3-2-13(18)11-19-15/h2-5,10-11H,6-9,12H2,1H3. The van der Waals surface area contributed by atoms with E-state index in [0.29, 0.717) is 11.6 Å². The number of ether oxygens (including phenoxy) is 1. The van der Waals surface area contributed by atoms with Crippen LogP contribution in [0.1, 0.15) is 5.69 Å². The normalized spacial score (nSPS) is 15.1. The second kappa shape index (κ2) is 6.85. The summed E-state index contributed by atoms with van der Waals surface area (Å²) in [6.45, 7) is 4.04. The van der Waals surface area contributed by atoms with Gasteiger partial charge in [0.2, 0.25) is 0 Å². The SMILES string of the molecule is COCc1cc(N2CCN(c3ccc(Cl)cn3)CC2)n2nccc2n1. The topological polar surface area (TPSA) is 58.8 Å². The maximum atomic E-state index is 5.92. The van der Waals surface area contributed by atoms with Gasteiger partial charge in [-0.3, -0.25) is 0 Å². The van der Waals surface area contributed by atoms with E-state index in [2.05, 4.69) is 30.9 Å². The lowest BCUT2D eigenvalue weighted by atomic mass is 10.3. The van der Waals surface area contributed by atoms with Crippen molar-refractivity contribution in [3.8, 4) is 0 Å². The summed E-state index contributed by atoms with van der Waals surface area (Å²) in [7, 11) is 1.68. The molecule has 1 aliphatic heterocycles. The molecule has 25 heavy (non-hydrogen) atoms. The van der Waals surface area contributed by atoms with Crippen molar-refractivity contribution in [2.45, 2.75) is 6.61 Å². The molecule has 0 unspecified atom stereocenters. The highest BCUT2D eigenvalue weighted by molar-refractivity contribution is 6.30. The summed E-state index contributed by atoms with van der Waals surface area (Å²) in [6, 6.07) is 7.81. The molecule has 4 rings (SSSR count). The molecule has 3 aromatic heterocycles. The van der Waals surface area contributed by atoms with Crippen LogP contribution in [-0.4, -0.2) is 52.9 Å². The Hall–Kier alpha value is -2.38. The molecule has 0 aliphatic carbocycles. The van der Waals surface area contributed by atoms with Crippen LogP contribution in [0.3, 0.4) is 0 Å². The van der Waals surface area contributed by atoms with E-state index in [1.54, 1.807) is 19.5 Å². The van der Waals surface area contributed by atoms with Crippen molar-refractivity contribution in [3.63, 3.8) is 0 Å². The van der Waals surface area contributed by atoms with Gasteiger partial charge in [0.1, 0.15) is 11.6 Å². The van der Waals surface area contributed by atoms with E-state index >= 15 is 0 Å². The van der Waals surface area contributed by atoms with Crippen molar-refractivity contribution in [2.75, 3.05) is 43.1 Å². The molecule has 4 heterocycles. The van der Waals surface area contributed by atoms with Crippen LogP contribution >= 0.6 is 11.6 Å². The summed E-state index contributed by atoms with van der Waals surface area (Å²) in [6.07, 6.45) is 3.47. The van der Waals surface area contributed by atoms with Gasteiger partial charge in [0.15, 0.2) is 5.65 Å². The Morgan fingerprint density at radius 3 is 2.64 bits per heavy atom. The zero-order valence-corrected chi connectivity index (χ0v) is 14.7.